The van der Waals surface area contributed by atoms with Crippen LogP contribution in [0.25, 0.3) is 11.1 Å². The zero-order valence-electron chi connectivity index (χ0n) is 16.8. The number of rotatable bonds is 8. The Morgan fingerprint density at radius 1 is 0.897 bits per heavy atom. The van der Waals surface area contributed by atoms with E-state index in [1.807, 2.05) is 48.5 Å². The molecule has 4 heteroatoms. The van der Waals surface area contributed by atoms with E-state index in [2.05, 4.69) is 25.0 Å². The second-order valence-corrected chi connectivity index (χ2v) is 6.63. The third-order valence-corrected chi connectivity index (χ3v) is 4.02. The molecule has 4 nitrogen and oxygen atoms in total. The molecule has 0 bridgehead atoms. The average molecular weight is 388 g/mol. The Labute approximate surface area is 171 Å². The molecule has 0 aromatic heterocycles. The molecule has 0 aliphatic heterocycles. The van der Waals surface area contributed by atoms with Crippen LogP contribution in [-0.4, -0.2) is 18.5 Å². The summed E-state index contributed by atoms with van der Waals surface area (Å²) in [5.41, 5.74) is 4.84. The molecule has 0 heterocycles. The van der Waals surface area contributed by atoms with Gasteiger partial charge in [0.1, 0.15) is 0 Å². The zero-order valence-corrected chi connectivity index (χ0v) is 16.8. The number of hydrogen-bond acceptors (Lipinski definition) is 4. The molecule has 0 amide bonds. The Morgan fingerprint density at radius 3 is 2.03 bits per heavy atom. The minimum absolute atomic E-state index is 0.0350. The van der Waals surface area contributed by atoms with Crippen molar-refractivity contribution in [3.8, 4) is 23.0 Å². The van der Waals surface area contributed by atoms with Gasteiger partial charge in [0.15, 0.2) is 12.6 Å². The Kier molecular flexibility index (Phi) is 8.14. The molecule has 2 rings (SSSR count). The smallest absolute Gasteiger partial charge is 0.335 e. The average Bonchev–Trinajstić information content (AvgIpc) is 2.71. The number of carbonyl (C=O) groups excluding carboxylic acids is 2. The van der Waals surface area contributed by atoms with Gasteiger partial charge in [0.25, 0.3) is 0 Å². The molecule has 0 aliphatic rings. The van der Waals surface area contributed by atoms with Gasteiger partial charge in [0.2, 0.25) is 0 Å². The van der Waals surface area contributed by atoms with Crippen molar-refractivity contribution in [2.75, 3.05) is 6.79 Å². The monoisotopic (exact) mass is 388 g/mol. The van der Waals surface area contributed by atoms with Gasteiger partial charge in [-0.15, -0.1) is 0 Å². The van der Waals surface area contributed by atoms with Crippen molar-refractivity contribution in [3.05, 3.63) is 84.0 Å². The topological polar surface area (TPSA) is 52.6 Å². The molecule has 0 fully saturated rings. The van der Waals surface area contributed by atoms with Crippen molar-refractivity contribution < 1.29 is 19.1 Å². The largest absolute Gasteiger partial charge is 0.435 e. The first kappa shape index (κ1) is 21.9. The summed E-state index contributed by atoms with van der Waals surface area (Å²) in [6.45, 7) is 10.6. The van der Waals surface area contributed by atoms with Gasteiger partial charge in [-0.05, 0) is 48.2 Å². The lowest BCUT2D eigenvalue weighted by atomic mass is 10.0. The quantitative estimate of drug-likeness (QED) is 0.214. The molecule has 0 radical (unpaired) electrons. The van der Waals surface area contributed by atoms with Crippen LogP contribution >= 0.6 is 0 Å². The van der Waals surface area contributed by atoms with Gasteiger partial charge in [0, 0.05) is 11.1 Å². The number of ether oxygens (including phenoxy) is 2. The molecule has 0 unspecified atom stereocenters. The summed E-state index contributed by atoms with van der Waals surface area (Å²) in [5.74, 6) is 5.37. The minimum atomic E-state index is -0.462. The first-order valence-corrected chi connectivity index (χ1v) is 9.14. The molecule has 148 valence electrons. The van der Waals surface area contributed by atoms with E-state index in [0.717, 1.165) is 22.3 Å². The molecule has 0 spiro atoms. The molecule has 2 aromatic rings. The molecule has 0 aliphatic carbocycles. The lowest BCUT2D eigenvalue weighted by molar-refractivity contribution is -0.152. The third kappa shape index (κ3) is 7.25. The number of allylic oxidation sites excluding steroid dienone is 1. The molecular formula is C25H24O4. The molecule has 0 saturated carbocycles. The van der Waals surface area contributed by atoms with Crippen LogP contribution < -0.4 is 0 Å². The van der Waals surface area contributed by atoms with E-state index < -0.39 is 5.97 Å². The van der Waals surface area contributed by atoms with Crippen molar-refractivity contribution in [3.63, 3.8) is 0 Å². The predicted octanol–water partition coefficient (Wildman–Crippen LogP) is 4.83. The molecule has 29 heavy (non-hydrogen) atoms. The maximum absolute atomic E-state index is 11.5. The summed E-state index contributed by atoms with van der Waals surface area (Å²) in [7, 11) is 0. The number of esters is 1. The molecule has 2 aromatic carbocycles. The Bertz CT molecular complexity index is 955. The van der Waals surface area contributed by atoms with Crippen LogP contribution in [0, 0.1) is 11.8 Å². The van der Waals surface area contributed by atoms with Crippen molar-refractivity contribution >= 4 is 11.8 Å². The van der Waals surface area contributed by atoms with Crippen LogP contribution in [0.15, 0.2) is 72.8 Å². The lowest BCUT2D eigenvalue weighted by Crippen LogP contribution is -2.08. The minimum Gasteiger partial charge on any atom is -0.435 e. The molecule has 0 saturated heterocycles. The van der Waals surface area contributed by atoms with Crippen molar-refractivity contribution in [2.24, 2.45) is 0 Å². The van der Waals surface area contributed by atoms with Crippen LogP contribution in [0.5, 0.6) is 0 Å². The second kappa shape index (κ2) is 10.8. The summed E-state index contributed by atoms with van der Waals surface area (Å²) in [5, 5.41) is 0. The molecular weight excluding hydrogens is 364 g/mol. The van der Waals surface area contributed by atoms with Crippen molar-refractivity contribution in [1.29, 1.82) is 0 Å². The van der Waals surface area contributed by atoms with Gasteiger partial charge >= 0.3 is 5.97 Å². The van der Waals surface area contributed by atoms with E-state index in [9.17, 15) is 9.59 Å². The van der Waals surface area contributed by atoms with E-state index in [1.54, 1.807) is 13.8 Å². The first-order chi connectivity index (χ1) is 13.9. The van der Waals surface area contributed by atoms with Crippen LogP contribution in [0.2, 0.25) is 0 Å². The first-order valence-electron chi connectivity index (χ1n) is 9.14. The fraction of sp³-hybridized carbons (Fsp3) is 0.200. The Balaban J connectivity index is 1.89. The summed E-state index contributed by atoms with van der Waals surface area (Å²) in [6.07, 6.45) is 0.188. The van der Waals surface area contributed by atoms with E-state index in [0.29, 0.717) is 17.8 Å². The summed E-state index contributed by atoms with van der Waals surface area (Å²) >= 11 is 0. The van der Waals surface area contributed by atoms with E-state index in [1.165, 1.54) is 0 Å². The number of hydrogen-bond donors (Lipinski definition) is 0. The third-order valence-electron chi connectivity index (χ3n) is 4.02. The Hall–Kier alpha value is -3.42. The molecule has 0 N–H and O–H groups in total. The summed E-state index contributed by atoms with van der Waals surface area (Å²) in [4.78, 5) is 22.8. The van der Waals surface area contributed by atoms with E-state index in [-0.39, 0.29) is 19.0 Å². The highest BCUT2D eigenvalue weighted by Crippen LogP contribution is 2.20. The van der Waals surface area contributed by atoms with Gasteiger partial charge in [-0.3, -0.25) is 4.79 Å². The van der Waals surface area contributed by atoms with Crippen LogP contribution in [-0.2, 0) is 25.7 Å². The van der Waals surface area contributed by atoms with Gasteiger partial charge in [-0.1, -0.05) is 61.4 Å². The van der Waals surface area contributed by atoms with Crippen LogP contribution in [0.4, 0.5) is 0 Å². The lowest BCUT2D eigenvalue weighted by Gasteiger charge is -2.07. The SMILES string of the molecule is C=C(C)C(=O)CC#Cc1ccc(-c2ccc(COCOC(=O)C(=C)C)cc2)cc1. The predicted molar refractivity (Wildman–Crippen MR) is 114 cm³/mol. The highest BCUT2D eigenvalue weighted by Gasteiger charge is 2.03. The maximum atomic E-state index is 11.5. The molecule has 0 atom stereocenters. The number of Topliss-reactive ketones (excluding diaryl/α,β-unsaturated/α-hetero) is 1. The van der Waals surface area contributed by atoms with Gasteiger partial charge in [-0.25, -0.2) is 4.79 Å². The van der Waals surface area contributed by atoms with Gasteiger partial charge < -0.3 is 9.47 Å². The van der Waals surface area contributed by atoms with E-state index >= 15 is 0 Å². The fourth-order valence-electron chi connectivity index (χ4n) is 2.29. The van der Waals surface area contributed by atoms with Crippen LogP contribution in [0.3, 0.4) is 0 Å². The maximum Gasteiger partial charge on any atom is 0.335 e. The normalized spacial score (nSPS) is 9.86. The second-order valence-electron chi connectivity index (χ2n) is 6.63. The van der Waals surface area contributed by atoms with Gasteiger partial charge in [-0.2, -0.15) is 0 Å². The number of benzene rings is 2. The van der Waals surface area contributed by atoms with Crippen molar-refractivity contribution in [2.45, 2.75) is 26.9 Å². The van der Waals surface area contributed by atoms with Crippen molar-refractivity contribution in [1.82, 2.24) is 0 Å². The zero-order chi connectivity index (χ0) is 21.2. The Morgan fingerprint density at radius 2 is 1.48 bits per heavy atom. The highest BCUT2D eigenvalue weighted by molar-refractivity contribution is 5.95. The van der Waals surface area contributed by atoms with Gasteiger partial charge in [0.05, 0.1) is 13.0 Å². The fourth-order valence-corrected chi connectivity index (χ4v) is 2.29. The number of ketones is 1. The summed E-state index contributed by atoms with van der Waals surface area (Å²) in [6, 6.07) is 15.8. The van der Waals surface area contributed by atoms with E-state index in [4.69, 9.17) is 9.47 Å². The number of carbonyl (C=O) groups is 2. The standard InChI is InChI=1S/C25H24O4/c1-18(2)24(26)7-5-6-20-8-12-22(13-9-20)23-14-10-21(11-15-23)16-28-17-29-25(27)19(3)4/h8-15H,1,3,7,16-17H2,2,4H3. The summed E-state index contributed by atoms with van der Waals surface area (Å²) < 4.78 is 10.2. The van der Waals surface area contributed by atoms with Crippen LogP contribution in [0.1, 0.15) is 31.4 Å². The highest BCUT2D eigenvalue weighted by atomic mass is 16.7.